The maximum Gasteiger partial charge on any atom is 0.231 e. The van der Waals surface area contributed by atoms with Gasteiger partial charge in [-0.05, 0) is 18.4 Å². The molecule has 0 radical (unpaired) electrons. The van der Waals surface area contributed by atoms with Crippen molar-refractivity contribution >= 4 is 11.9 Å². The predicted octanol–water partition coefficient (Wildman–Crippen LogP) is 2.05. The van der Waals surface area contributed by atoms with Gasteiger partial charge in [-0.2, -0.15) is 9.97 Å². The minimum Gasteiger partial charge on any atom is -0.481 e. The zero-order valence-electron chi connectivity index (χ0n) is 18.4. The number of benzene rings is 1. The highest BCUT2D eigenvalue weighted by Gasteiger charge is 2.31. The topological polar surface area (TPSA) is 71.0 Å². The van der Waals surface area contributed by atoms with Crippen molar-refractivity contribution in [2.24, 2.45) is 5.92 Å². The first-order valence-corrected chi connectivity index (χ1v) is 10.9. The normalized spacial score (nSPS) is 18.1. The molecule has 2 aromatic rings. The summed E-state index contributed by atoms with van der Waals surface area (Å²) in [4.78, 5) is 28.5. The van der Waals surface area contributed by atoms with Gasteiger partial charge in [0, 0.05) is 51.7 Å². The number of carbonyl (C=O) groups excluding carboxylic acids is 1. The molecule has 4 rings (SSSR count). The van der Waals surface area contributed by atoms with E-state index in [4.69, 9.17) is 9.47 Å². The summed E-state index contributed by atoms with van der Waals surface area (Å²) < 4.78 is 10.5. The van der Waals surface area contributed by atoms with Gasteiger partial charge in [0.15, 0.2) is 0 Å². The smallest absolute Gasteiger partial charge is 0.231 e. The van der Waals surface area contributed by atoms with E-state index in [0.29, 0.717) is 23.6 Å². The highest BCUT2D eigenvalue weighted by atomic mass is 16.5. The number of piperidine rings is 1. The van der Waals surface area contributed by atoms with Crippen molar-refractivity contribution in [3.8, 4) is 11.8 Å². The number of carbonyl (C=O) groups is 1. The number of hydrogen-bond donors (Lipinski definition) is 0. The molecule has 8 heteroatoms. The Labute approximate surface area is 183 Å². The van der Waals surface area contributed by atoms with Gasteiger partial charge in [0.05, 0.1) is 20.3 Å². The average molecular weight is 426 g/mol. The van der Waals surface area contributed by atoms with Crippen LogP contribution in [0.1, 0.15) is 18.4 Å². The third-order valence-electron chi connectivity index (χ3n) is 6.15. The van der Waals surface area contributed by atoms with E-state index in [2.05, 4.69) is 44.0 Å². The van der Waals surface area contributed by atoms with Crippen molar-refractivity contribution < 1.29 is 14.3 Å². The fourth-order valence-electron chi connectivity index (χ4n) is 4.30. The van der Waals surface area contributed by atoms with Crippen LogP contribution in [0, 0.1) is 5.92 Å². The first-order chi connectivity index (χ1) is 15.2. The number of aromatic nitrogens is 2. The van der Waals surface area contributed by atoms with Crippen molar-refractivity contribution in [2.75, 3.05) is 58.4 Å². The first kappa shape index (κ1) is 21.4. The number of amides is 1. The van der Waals surface area contributed by atoms with Gasteiger partial charge in [0.1, 0.15) is 0 Å². The molecule has 8 nitrogen and oxygen atoms in total. The van der Waals surface area contributed by atoms with E-state index in [0.717, 1.165) is 58.7 Å². The minimum atomic E-state index is 0.0735. The van der Waals surface area contributed by atoms with E-state index in [1.807, 2.05) is 11.0 Å². The molecule has 2 aliphatic heterocycles. The van der Waals surface area contributed by atoms with Crippen LogP contribution in [0.15, 0.2) is 36.4 Å². The number of hydrogen-bond acceptors (Lipinski definition) is 7. The molecule has 2 fully saturated rings. The molecular weight excluding hydrogens is 394 g/mol. The van der Waals surface area contributed by atoms with Crippen LogP contribution in [0.5, 0.6) is 11.8 Å². The van der Waals surface area contributed by atoms with E-state index in [-0.39, 0.29) is 5.92 Å². The fourth-order valence-corrected chi connectivity index (χ4v) is 4.30. The van der Waals surface area contributed by atoms with Crippen LogP contribution in [-0.4, -0.2) is 79.2 Å². The van der Waals surface area contributed by atoms with E-state index in [1.165, 1.54) is 5.56 Å². The fraction of sp³-hybridized carbons (Fsp3) is 0.522. The lowest BCUT2D eigenvalue weighted by molar-refractivity contribution is -0.138. The zero-order chi connectivity index (χ0) is 21.6. The van der Waals surface area contributed by atoms with Crippen molar-refractivity contribution in [2.45, 2.75) is 19.4 Å². The number of piperazine rings is 1. The molecule has 3 heterocycles. The van der Waals surface area contributed by atoms with Gasteiger partial charge in [-0.1, -0.05) is 30.3 Å². The summed E-state index contributed by atoms with van der Waals surface area (Å²) >= 11 is 0. The Kier molecular flexibility index (Phi) is 6.86. The molecule has 1 aromatic carbocycles. The van der Waals surface area contributed by atoms with Crippen LogP contribution >= 0.6 is 0 Å². The highest BCUT2D eigenvalue weighted by molar-refractivity contribution is 5.79. The summed E-state index contributed by atoms with van der Waals surface area (Å²) in [6.07, 6.45) is 1.62. The van der Waals surface area contributed by atoms with Gasteiger partial charge in [-0.15, -0.1) is 0 Å². The molecule has 166 valence electrons. The van der Waals surface area contributed by atoms with Gasteiger partial charge in [-0.3, -0.25) is 9.69 Å². The van der Waals surface area contributed by atoms with Crippen LogP contribution in [-0.2, 0) is 11.3 Å². The summed E-state index contributed by atoms with van der Waals surface area (Å²) in [7, 11) is 3.16. The van der Waals surface area contributed by atoms with Crippen molar-refractivity contribution in [3.05, 3.63) is 42.0 Å². The Balaban J connectivity index is 1.27. The molecule has 0 saturated carbocycles. The molecular formula is C23H31N5O3. The summed E-state index contributed by atoms with van der Waals surface area (Å²) in [6.45, 7) is 5.92. The van der Waals surface area contributed by atoms with Crippen LogP contribution in [0.25, 0.3) is 0 Å². The molecule has 2 saturated heterocycles. The van der Waals surface area contributed by atoms with Gasteiger partial charge in [0.25, 0.3) is 0 Å². The molecule has 0 spiro atoms. The van der Waals surface area contributed by atoms with Gasteiger partial charge < -0.3 is 19.3 Å². The number of methoxy groups -OCH3 is 2. The maximum atomic E-state index is 13.1. The lowest BCUT2D eigenvalue weighted by Gasteiger charge is -2.38. The molecule has 1 amide bonds. The maximum absolute atomic E-state index is 13.1. The van der Waals surface area contributed by atoms with Crippen LogP contribution in [0.3, 0.4) is 0 Å². The second-order valence-electron chi connectivity index (χ2n) is 8.10. The monoisotopic (exact) mass is 425 g/mol. The van der Waals surface area contributed by atoms with Gasteiger partial charge in [0.2, 0.25) is 23.6 Å². The molecule has 0 N–H and O–H groups in total. The Hall–Kier alpha value is -2.87. The standard InChI is InChI=1S/C23H31N5O3/c1-30-20-16-21(31-2)25-23(24-20)28-10-8-19(9-11-28)22(29)27-14-12-26(13-15-27)17-18-6-4-3-5-7-18/h3-7,16,19H,8-15,17H2,1-2H3. The summed E-state index contributed by atoms with van der Waals surface area (Å²) in [5.41, 5.74) is 1.33. The Bertz CT molecular complexity index is 841. The third-order valence-corrected chi connectivity index (χ3v) is 6.15. The summed E-state index contributed by atoms with van der Waals surface area (Å²) in [5.74, 6) is 1.92. The van der Waals surface area contributed by atoms with E-state index >= 15 is 0 Å². The Morgan fingerprint density at radius 2 is 1.55 bits per heavy atom. The summed E-state index contributed by atoms with van der Waals surface area (Å²) in [5, 5.41) is 0. The summed E-state index contributed by atoms with van der Waals surface area (Å²) in [6, 6.07) is 12.2. The van der Waals surface area contributed by atoms with Gasteiger partial charge in [-0.25, -0.2) is 0 Å². The second kappa shape index (κ2) is 9.96. The molecule has 1 aromatic heterocycles. The molecule has 0 aliphatic carbocycles. The highest BCUT2D eigenvalue weighted by Crippen LogP contribution is 2.26. The van der Waals surface area contributed by atoms with E-state index in [9.17, 15) is 4.79 Å². The van der Waals surface area contributed by atoms with Crippen molar-refractivity contribution in [1.82, 2.24) is 19.8 Å². The van der Waals surface area contributed by atoms with Crippen LogP contribution in [0.2, 0.25) is 0 Å². The molecule has 0 atom stereocenters. The molecule has 31 heavy (non-hydrogen) atoms. The average Bonchev–Trinajstić information content (AvgIpc) is 2.84. The minimum absolute atomic E-state index is 0.0735. The van der Waals surface area contributed by atoms with Crippen LogP contribution < -0.4 is 14.4 Å². The third kappa shape index (κ3) is 5.25. The number of anilines is 1. The molecule has 2 aliphatic rings. The number of nitrogens with zero attached hydrogens (tertiary/aromatic N) is 5. The lowest BCUT2D eigenvalue weighted by atomic mass is 9.95. The second-order valence-corrected chi connectivity index (χ2v) is 8.10. The SMILES string of the molecule is COc1cc(OC)nc(N2CCC(C(=O)N3CCN(Cc4ccccc4)CC3)CC2)n1. The van der Waals surface area contributed by atoms with E-state index in [1.54, 1.807) is 20.3 Å². The molecule has 0 bridgehead atoms. The zero-order valence-corrected chi connectivity index (χ0v) is 18.4. The van der Waals surface area contributed by atoms with Crippen molar-refractivity contribution in [3.63, 3.8) is 0 Å². The first-order valence-electron chi connectivity index (χ1n) is 10.9. The van der Waals surface area contributed by atoms with Crippen LogP contribution in [0.4, 0.5) is 5.95 Å². The van der Waals surface area contributed by atoms with E-state index < -0.39 is 0 Å². The predicted molar refractivity (Wildman–Crippen MR) is 118 cm³/mol. The molecule has 0 unspecified atom stereocenters. The number of rotatable bonds is 6. The largest absolute Gasteiger partial charge is 0.481 e. The van der Waals surface area contributed by atoms with Gasteiger partial charge >= 0.3 is 0 Å². The lowest BCUT2D eigenvalue weighted by Crippen LogP contribution is -2.51. The van der Waals surface area contributed by atoms with Crippen molar-refractivity contribution in [1.29, 1.82) is 0 Å². The quantitative estimate of drug-likeness (QED) is 0.702. The Morgan fingerprint density at radius 1 is 0.935 bits per heavy atom. The Morgan fingerprint density at radius 3 is 2.13 bits per heavy atom. The number of ether oxygens (including phenoxy) is 2.